The summed E-state index contributed by atoms with van der Waals surface area (Å²) >= 11 is 0. The predicted octanol–water partition coefficient (Wildman–Crippen LogP) is 2.60. The van der Waals surface area contributed by atoms with E-state index in [1.807, 2.05) is 0 Å². The topological polar surface area (TPSA) is 105 Å². The molecule has 2 N–H and O–H groups in total. The second-order valence-electron chi connectivity index (χ2n) is 6.63. The van der Waals surface area contributed by atoms with Crippen molar-refractivity contribution in [2.75, 3.05) is 28.7 Å². The molecule has 8 heteroatoms. The molecule has 1 aliphatic rings. The molecule has 0 saturated heterocycles. The second kappa shape index (κ2) is 8.55. The van der Waals surface area contributed by atoms with Gasteiger partial charge < -0.3 is 20.3 Å². The average Bonchev–Trinajstić information content (AvgIpc) is 2.66. The van der Waals surface area contributed by atoms with Crippen molar-refractivity contribution in [3.05, 3.63) is 48.0 Å². The third kappa shape index (κ3) is 4.98. The number of hydrogen-bond donors (Lipinski definition) is 2. The molecule has 8 nitrogen and oxygen atoms in total. The minimum absolute atomic E-state index is 0.0554. The van der Waals surface area contributed by atoms with Crippen LogP contribution in [-0.4, -0.2) is 36.7 Å². The molecule has 0 aliphatic carbocycles. The maximum atomic E-state index is 12.4. The van der Waals surface area contributed by atoms with Crippen LogP contribution in [0.5, 0.6) is 5.75 Å². The average molecular weight is 395 g/mol. The van der Waals surface area contributed by atoms with Crippen LogP contribution in [0.4, 0.5) is 17.1 Å². The Bertz CT molecular complexity index is 986. The van der Waals surface area contributed by atoms with E-state index in [1.165, 1.54) is 18.7 Å². The van der Waals surface area contributed by atoms with Crippen LogP contribution in [0.2, 0.25) is 0 Å². The van der Waals surface area contributed by atoms with Crippen molar-refractivity contribution in [2.24, 2.45) is 0 Å². The van der Waals surface area contributed by atoms with Gasteiger partial charge in [0.25, 0.3) is 5.91 Å². The summed E-state index contributed by atoms with van der Waals surface area (Å²) in [5.41, 5.74) is 2.05. The number of Topliss-reactive ketones (excluding diaryl/α,β-unsaturated/α-hetero) is 1. The van der Waals surface area contributed by atoms with E-state index in [-0.39, 0.29) is 43.1 Å². The molecule has 0 aromatic heterocycles. The lowest BCUT2D eigenvalue weighted by Crippen LogP contribution is -2.40. The lowest BCUT2D eigenvalue weighted by atomic mass is 10.1. The first-order valence-electron chi connectivity index (χ1n) is 9.09. The number of rotatable bonds is 6. The van der Waals surface area contributed by atoms with E-state index in [9.17, 15) is 19.2 Å². The van der Waals surface area contributed by atoms with Crippen LogP contribution < -0.4 is 20.3 Å². The fourth-order valence-electron chi connectivity index (χ4n) is 2.98. The van der Waals surface area contributed by atoms with Crippen molar-refractivity contribution in [1.82, 2.24) is 0 Å². The van der Waals surface area contributed by atoms with Crippen molar-refractivity contribution in [1.29, 1.82) is 0 Å². The zero-order valence-corrected chi connectivity index (χ0v) is 16.2. The molecule has 1 heterocycles. The van der Waals surface area contributed by atoms with Gasteiger partial charge in [0.05, 0.1) is 5.69 Å². The number of amides is 3. The van der Waals surface area contributed by atoms with Crippen LogP contribution in [0.3, 0.4) is 0 Å². The van der Waals surface area contributed by atoms with E-state index in [0.717, 1.165) is 0 Å². The lowest BCUT2D eigenvalue weighted by Gasteiger charge is -2.29. The molecule has 150 valence electrons. The second-order valence-corrected chi connectivity index (χ2v) is 6.63. The van der Waals surface area contributed by atoms with Crippen molar-refractivity contribution < 1.29 is 23.9 Å². The van der Waals surface area contributed by atoms with E-state index in [4.69, 9.17) is 4.74 Å². The van der Waals surface area contributed by atoms with Crippen molar-refractivity contribution >= 4 is 40.6 Å². The molecule has 29 heavy (non-hydrogen) atoms. The fourth-order valence-corrected chi connectivity index (χ4v) is 2.98. The molecule has 0 atom stereocenters. The minimum Gasteiger partial charge on any atom is -0.482 e. The Kier molecular flexibility index (Phi) is 5.92. The third-order valence-electron chi connectivity index (χ3n) is 4.34. The first-order chi connectivity index (χ1) is 13.8. The maximum Gasteiger partial charge on any atom is 0.265 e. The molecule has 0 bridgehead atoms. The summed E-state index contributed by atoms with van der Waals surface area (Å²) in [6, 6.07) is 11.7. The minimum atomic E-state index is -0.284. The lowest BCUT2D eigenvalue weighted by molar-refractivity contribution is -0.121. The van der Waals surface area contributed by atoms with Gasteiger partial charge in [-0.25, -0.2) is 0 Å². The summed E-state index contributed by atoms with van der Waals surface area (Å²) in [6.07, 6.45) is 0.0554. The Hall–Kier alpha value is -3.68. The first kappa shape index (κ1) is 20.1. The highest BCUT2D eigenvalue weighted by atomic mass is 16.5. The summed E-state index contributed by atoms with van der Waals surface area (Å²) in [5.74, 6) is -0.393. The summed E-state index contributed by atoms with van der Waals surface area (Å²) in [7, 11) is 0. The normalized spacial score (nSPS) is 12.6. The molecule has 1 aliphatic heterocycles. The third-order valence-corrected chi connectivity index (χ3v) is 4.34. The summed E-state index contributed by atoms with van der Waals surface area (Å²) < 4.78 is 5.41. The highest BCUT2D eigenvalue weighted by molar-refractivity contribution is 6.02. The molecule has 0 saturated carbocycles. The van der Waals surface area contributed by atoms with Gasteiger partial charge in [-0.05, 0) is 43.3 Å². The smallest absolute Gasteiger partial charge is 0.265 e. The van der Waals surface area contributed by atoms with Gasteiger partial charge in [-0.1, -0.05) is 6.07 Å². The molecule has 3 amide bonds. The van der Waals surface area contributed by atoms with E-state index < -0.39 is 0 Å². The number of nitrogens with zero attached hydrogens (tertiary/aromatic N) is 1. The molecule has 0 unspecified atom stereocenters. The van der Waals surface area contributed by atoms with E-state index in [1.54, 1.807) is 42.5 Å². The standard InChI is InChI=1S/C21H21N3O5/c1-13(25)15-6-7-19-18(10-15)24(21(28)12-29-19)9-8-20(27)23-17-5-3-4-16(11-17)22-14(2)26/h3-7,10-11H,8-9,12H2,1-2H3,(H,22,26)(H,23,27). The van der Waals surface area contributed by atoms with Crippen LogP contribution >= 0.6 is 0 Å². The number of benzene rings is 2. The summed E-state index contributed by atoms with van der Waals surface area (Å²) in [4.78, 5) is 48.9. The van der Waals surface area contributed by atoms with Gasteiger partial charge in [0.1, 0.15) is 5.75 Å². The quantitative estimate of drug-likeness (QED) is 0.732. The molecular weight excluding hydrogens is 374 g/mol. The van der Waals surface area contributed by atoms with Crippen molar-refractivity contribution in [3.8, 4) is 5.75 Å². The SMILES string of the molecule is CC(=O)Nc1cccc(NC(=O)CCN2C(=O)COc3ccc(C(C)=O)cc32)c1. The van der Waals surface area contributed by atoms with Gasteiger partial charge in [-0.2, -0.15) is 0 Å². The van der Waals surface area contributed by atoms with E-state index >= 15 is 0 Å². The van der Waals surface area contributed by atoms with Crippen LogP contribution in [-0.2, 0) is 14.4 Å². The number of anilines is 3. The Balaban J connectivity index is 1.67. The molecule has 0 spiro atoms. The number of ether oxygens (including phenoxy) is 1. The van der Waals surface area contributed by atoms with Crippen molar-refractivity contribution in [2.45, 2.75) is 20.3 Å². The zero-order chi connectivity index (χ0) is 21.0. The highest BCUT2D eigenvalue weighted by Gasteiger charge is 2.26. The van der Waals surface area contributed by atoms with Crippen LogP contribution in [0.25, 0.3) is 0 Å². The Morgan fingerprint density at radius 3 is 2.45 bits per heavy atom. The zero-order valence-electron chi connectivity index (χ0n) is 16.2. The first-order valence-corrected chi connectivity index (χ1v) is 9.09. The van der Waals surface area contributed by atoms with Gasteiger partial charge in [0.2, 0.25) is 11.8 Å². The Morgan fingerprint density at radius 1 is 1.03 bits per heavy atom. The highest BCUT2D eigenvalue weighted by Crippen LogP contribution is 2.33. The number of hydrogen-bond acceptors (Lipinski definition) is 5. The van der Waals surface area contributed by atoms with Gasteiger partial charge in [0, 0.05) is 36.8 Å². The van der Waals surface area contributed by atoms with Crippen molar-refractivity contribution in [3.63, 3.8) is 0 Å². The molecule has 2 aromatic carbocycles. The Labute approximate surface area is 167 Å². The largest absolute Gasteiger partial charge is 0.482 e. The number of fused-ring (bicyclic) bond motifs is 1. The van der Waals surface area contributed by atoms with Crippen LogP contribution in [0, 0.1) is 0 Å². The molecule has 0 fully saturated rings. The van der Waals surface area contributed by atoms with Gasteiger partial charge in [0.15, 0.2) is 12.4 Å². The molecule has 3 rings (SSSR count). The van der Waals surface area contributed by atoms with Gasteiger partial charge in [-0.3, -0.25) is 19.2 Å². The number of carbonyl (C=O) groups is 4. The number of carbonyl (C=O) groups excluding carboxylic acids is 4. The van der Waals surface area contributed by atoms with E-state index in [0.29, 0.717) is 28.4 Å². The predicted molar refractivity (Wildman–Crippen MR) is 108 cm³/mol. The van der Waals surface area contributed by atoms with Crippen LogP contribution in [0.15, 0.2) is 42.5 Å². The van der Waals surface area contributed by atoms with Crippen LogP contribution in [0.1, 0.15) is 30.6 Å². The van der Waals surface area contributed by atoms with Gasteiger partial charge >= 0.3 is 0 Å². The van der Waals surface area contributed by atoms with E-state index in [2.05, 4.69) is 10.6 Å². The fraction of sp³-hybridized carbons (Fsp3) is 0.238. The number of nitrogens with one attached hydrogen (secondary N) is 2. The monoisotopic (exact) mass is 395 g/mol. The molecule has 0 radical (unpaired) electrons. The summed E-state index contributed by atoms with van der Waals surface area (Å²) in [5, 5.41) is 5.40. The molecule has 2 aromatic rings. The number of ketones is 1. The Morgan fingerprint density at radius 2 is 1.76 bits per heavy atom. The van der Waals surface area contributed by atoms with Gasteiger partial charge in [-0.15, -0.1) is 0 Å². The maximum absolute atomic E-state index is 12.4. The summed E-state index contributed by atoms with van der Waals surface area (Å²) in [6.45, 7) is 2.88. The molecular formula is C21H21N3O5.